The SMILES string of the molecule is Nc1ccn([C@@H]2O[C@H](COP(=O)(O)O[C@@]3(C(=O)O)C[C@@H](O)[C@@H](CC(=O)CNC(=O)CCOCCCNC(=O)c4ccc(C=O)cc4)C([C@H](O)[C@H](O)CO)O3)[C@H](O)C2O)c(=O)n1. The number of amides is 2. The topological polar surface area (TPSA) is 395 Å². The number of hydrogen-bond donors (Lipinski definition) is 11. The first-order valence-corrected chi connectivity index (χ1v) is 20.1. The van der Waals surface area contributed by atoms with Crippen LogP contribution in [0.15, 0.2) is 41.3 Å². The summed E-state index contributed by atoms with van der Waals surface area (Å²) in [4.78, 5) is 87.0. The van der Waals surface area contributed by atoms with Gasteiger partial charge in [0.05, 0.1) is 38.6 Å². The fourth-order valence-corrected chi connectivity index (χ4v) is 7.27. The molecule has 3 heterocycles. The maximum atomic E-state index is 13.1. The summed E-state index contributed by atoms with van der Waals surface area (Å²) in [6.45, 7) is -2.44. The van der Waals surface area contributed by atoms with Gasteiger partial charge >= 0.3 is 19.5 Å². The molecule has 2 aromatic rings. The van der Waals surface area contributed by atoms with Crippen molar-refractivity contribution in [3.8, 4) is 0 Å². The number of ether oxygens (including phenoxy) is 3. The number of carboxylic acids is 1. The number of ketones is 1. The first-order valence-electron chi connectivity index (χ1n) is 18.6. The number of nitrogen functional groups attached to an aromatic ring is 1. The molecule has 338 valence electrons. The van der Waals surface area contributed by atoms with Crippen LogP contribution in [0.4, 0.5) is 5.82 Å². The van der Waals surface area contributed by atoms with Crippen LogP contribution in [0.1, 0.15) is 52.6 Å². The Labute approximate surface area is 345 Å². The number of anilines is 1. The Balaban J connectivity index is 1.28. The maximum Gasteiger partial charge on any atom is 0.475 e. The van der Waals surface area contributed by atoms with Crippen molar-refractivity contribution in [2.75, 3.05) is 45.3 Å². The Kier molecular flexibility index (Phi) is 17.7. The number of carboxylic acid groups (broad SMARTS) is 1. The summed E-state index contributed by atoms with van der Waals surface area (Å²) in [5.74, 6) is -8.92. The van der Waals surface area contributed by atoms with Gasteiger partial charge in [-0.25, -0.2) is 18.7 Å². The molecule has 11 atom stereocenters. The largest absolute Gasteiger partial charge is 0.477 e. The van der Waals surface area contributed by atoms with Crippen LogP contribution in [0.2, 0.25) is 0 Å². The van der Waals surface area contributed by atoms with E-state index < -0.39 is 124 Å². The number of nitrogens with one attached hydrogen (secondary N) is 2. The molecule has 0 saturated carbocycles. The molecule has 26 heteroatoms. The first-order chi connectivity index (χ1) is 28.8. The quantitative estimate of drug-likeness (QED) is 0.0287. The van der Waals surface area contributed by atoms with Crippen LogP contribution in [0.25, 0.3) is 0 Å². The Morgan fingerprint density at radius 3 is 2.43 bits per heavy atom. The number of aliphatic carboxylic acids is 1. The summed E-state index contributed by atoms with van der Waals surface area (Å²) < 4.78 is 39.8. The highest BCUT2D eigenvalue weighted by molar-refractivity contribution is 7.47. The molecule has 2 amide bonds. The number of carbonyl (C=O) groups excluding carboxylic acids is 4. The summed E-state index contributed by atoms with van der Waals surface area (Å²) in [6, 6.07) is 7.20. The van der Waals surface area contributed by atoms with E-state index in [0.717, 1.165) is 10.8 Å². The zero-order valence-electron chi connectivity index (χ0n) is 32.2. The minimum absolute atomic E-state index is 0.0568. The molecule has 61 heavy (non-hydrogen) atoms. The van der Waals surface area contributed by atoms with Gasteiger partial charge < -0.3 is 71.2 Å². The molecule has 2 aliphatic rings. The molecular formula is C35H48N5O20P. The second kappa shape index (κ2) is 22.0. The number of nitrogens with two attached hydrogens (primary N) is 1. The number of Topliss-reactive ketones (excluding diaryl/α,β-unsaturated/α-hetero) is 1. The third kappa shape index (κ3) is 13.2. The number of hydrogen-bond acceptors (Lipinski definition) is 20. The van der Waals surface area contributed by atoms with E-state index in [1.165, 1.54) is 30.3 Å². The van der Waals surface area contributed by atoms with Crippen LogP contribution in [0.5, 0.6) is 0 Å². The lowest BCUT2D eigenvalue weighted by Crippen LogP contribution is -2.62. The monoisotopic (exact) mass is 889 g/mol. The van der Waals surface area contributed by atoms with E-state index in [1.54, 1.807) is 0 Å². The van der Waals surface area contributed by atoms with E-state index in [9.17, 15) is 74.0 Å². The van der Waals surface area contributed by atoms with Crippen molar-refractivity contribution in [3.05, 3.63) is 58.1 Å². The molecule has 1 aromatic heterocycles. The number of phosphoric ester groups is 1. The number of aliphatic hydroxyl groups is 6. The molecule has 0 spiro atoms. The summed E-state index contributed by atoms with van der Waals surface area (Å²) in [7, 11) is -5.64. The molecule has 12 N–H and O–H groups in total. The van der Waals surface area contributed by atoms with E-state index in [4.69, 9.17) is 29.0 Å². The Morgan fingerprint density at radius 2 is 1.79 bits per heavy atom. The van der Waals surface area contributed by atoms with E-state index in [2.05, 4.69) is 15.6 Å². The smallest absolute Gasteiger partial charge is 0.475 e. The van der Waals surface area contributed by atoms with Crippen molar-refractivity contribution in [2.45, 2.75) is 80.4 Å². The van der Waals surface area contributed by atoms with Crippen LogP contribution in [0.3, 0.4) is 0 Å². The molecule has 2 aliphatic heterocycles. The lowest BCUT2D eigenvalue weighted by molar-refractivity contribution is -0.298. The number of carbonyl (C=O) groups is 5. The normalized spacial score (nSPS) is 27.0. The van der Waals surface area contributed by atoms with Gasteiger partial charge in [-0.3, -0.25) is 28.3 Å². The van der Waals surface area contributed by atoms with E-state index in [1.807, 2.05) is 0 Å². The number of phosphoric acid groups is 1. The maximum absolute atomic E-state index is 13.1. The van der Waals surface area contributed by atoms with Crippen molar-refractivity contribution in [2.24, 2.45) is 5.92 Å². The van der Waals surface area contributed by atoms with Crippen molar-refractivity contribution < 1.29 is 92.4 Å². The number of aldehydes is 1. The summed E-state index contributed by atoms with van der Waals surface area (Å²) >= 11 is 0. The highest BCUT2D eigenvalue weighted by Gasteiger charge is 2.59. The van der Waals surface area contributed by atoms with Gasteiger partial charge in [0.15, 0.2) is 12.0 Å². The number of nitrogens with zero attached hydrogens (tertiary/aromatic N) is 2. The standard InChI is InChI=1S/C35H48N5O20P/c36-25-6-9-40(34(53)39-25)32-29(49)28(48)24(58-32)17-57-61(54,55)60-35(33(51)52)13-22(44)21(30(59-35)27(47)23(45)16-42)12-20(43)14-38-26(46)7-11-56-10-1-8-37-31(50)19-4-2-18(15-41)3-5-19/h2-6,9,15,21-24,27-30,32,42,44-45,47-49H,1,7-8,10-14,16-17H2,(H,37,50)(H,38,46)(H,51,52)(H,54,55)(H2,36,39,53)/t21-,22-,23-,24-,27-,28+,29?,30?,32-,35-/m1/s1. The zero-order chi connectivity index (χ0) is 45.1. The fraction of sp³-hybridized carbons (Fsp3) is 0.571. The van der Waals surface area contributed by atoms with Gasteiger partial charge in [0.2, 0.25) is 5.91 Å². The molecule has 2 saturated heterocycles. The van der Waals surface area contributed by atoms with Gasteiger partial charge in [-0.05, 0) is 24.6 Å². The molecule has 2 fully saturated rings. The second-order valence-corrected chi connectivity index (χ2v) is 15.4. The van der Waals surface area contributed by atoms with Gasteiger partial charge in [-0.15, -0.1) is 0 Å². The van der Waals surface area contributed by atoms with Gasteiger partial charge in [0.1, 0.15) is 42.6 Å². The third-order valence-corrected chi connectivity index (χ3v) is 10.6. The molecule has 25 nitrogen and oxygen atoms in total. The van der Waals surface area contributed by atoms with Crippen molar-refractivity contribution in [1.82, 2.24) is 20.2 Å². The number of benzene rings is 1. The van der Waals surface area contributed by atoms with Crippen molar-refractivity contribution >= 4 is 43.5 Å². The fourth-order valence-electron chi connectivity index (χ4n) is 6.31. The second-order valence-electron chi connectivity index (χ2n) is 14.0. The van der Waals surface area contributed by atoms with Gasteiger partial charge in [-0.2, -0.15) is 4.98 Å². The molecular weight excluding hydrogens is 841 g/mol. The number of aromatic nitrogens is 2. The predicted molar refractivity (Wildman–Crippen MR) is 201 cm³/mol. The van der Waals surface area contributed by atoms with Crippen molar-refractivity contribution in [1.29, 1.82) is 0 Å². The van der Waals surface area contributed by atoms with E-state index >= 15 is 0 Å². The van der Waals surface area contributed by atoms with Crippen LogP contribution < -0.4 is 22.1 Å². The summed E-state index contributed by atoms with van der Waals surface area (Å²) in [6.07, 6.45) is -15.1. The Morgan fingerprint density at radius 1 is 1.08 bits per heavy atom. The van der Waals surface area contributed by atoms with Crippen molar-refractivity contribution in [3.63, 3.8) is 0 Å². The minimum Gasteiger partial charge on any atom is -0.477 e. The van der Waals surface area contributed by atoms with Crippen LogP contribution in [-0.2, 0) is 42.2 Å². The predicted octanol–water partition coefficient (Wildman–Crippen LogP) is -4.05. The van der Waals surface area contributed by atoms with Gasteiger partial charge in [0.25, 0.3) is 11.7 Å². The third-order valence-electron chi connectivity index (χ3n) is 9.57. The molecule has 4 rings (SSSR count). The summed E-state index contributed by atoms with van der Waals surface area (Å²) in [5, 5.41) is 77.7. The number of rotatable bonds is 23. The molecule has 0 aliphatic carbocycles. The average molecular weight is 890 g/mol. The molecule has 0 bridgehead atoms. The lowest BCUT2D eigenvalue weighted by atomic mass is 9.80. The van der Waals surface area contributed by atoms with Crippen LogP contribution in [-0.4, -0.2) is 168 Å². The zero-order valence-corrected chi connectivity index (χ0v) is 33.1. The molecule has 1 aromatic carbocycles. The number of aliphatic hydroxyl groups excluding tert-OH is 6. The van der Waals surface area contributed by atoms with E-state index in [-0.39, 0.29) is 37.9 Å². The van der Waals surface area contributed by atoms with Gasteiger partial charge in [-0.1, -0.05) is 12.1 Å². The van der Waals surface area contributed by atoms with E-state index in [0.29, 0.717) is 23.8 Å². The molecule has 0 radical (unpaired) electrons. The Bertz CT molecular complexity index is 1950. The highest BCUT2D eigenvalue weighted by Crippen LogP contribution is 2.52. The first kappa shape index (κ1) is 49.1. The highest BCUT2D eigenvalue weighted by atomic mass is 31.2. The Hall–Kier alpha value is -4.60. The summed E-state index contributed by atoms with van der Waals surface area (Å²) in [5.41, 5.74) is 5.26. The van der Waals surface area contributed by atoms with Gasteiger partial charge in [0, 0.05) is 55.7 Å². The average Bonchev–Trinajstić information content (AvgIpc) is 3.50. The van der Waals surface area contributed by atoms with Crippen LogP contribution >= 0.6 is 7.82 Å². The van der Waals surface area contributed by atoms with Crippen LogP contribution in [0, 0.1) is 5.92 Å². The minimum atomic E-state index is -5.64. The molecule has 3 unspecified atom stereocenters. The lowest BCUT2D eigenvalue weighted by Gasteiger charge is -2.46.